The number of rotatable bonds is 5. The second kappa shape index (κ2) is 5.26. The lowest BCUT2D eigenvalue weighted by Crippen LogP contribution is -2.58. The van der Waals surface area contributed by atoms with Crippen LogP contribution in [0.15, 0.2) is 0 Å². The molecule has 4 saturated carbocycles. The third-order valence-electron chi connectivity index (χ3n) is 6.89. The molecule has 21 heavy (non-hydrogen) atoms. The molecule has 0 spiro atoms. The van der Waals surface area contributed by atoms with Crippen molar-refractivity contribution in [1.82, 2.24) is 0 Å². The Bertz CT molecular complexity index is 381. The highest BCUT2D eigenvalue weighted by atomic mass is 16.5. The largest absolute Gasteiger partial charge is 0.464 e. The topological polar surface area (TPSA) is 46.5 Å². The molecule has 4 aliphatic rings. The standard InChI is InChI=1S/C18H30O3/c1-4-18(20,16(19)21-5-2)12(3)17-9-13-6-14(10-17)8-15(7-13)11-17/h12-15,20H,4-11H2,1-3H3. The zero-order valence-corrected chi connectivity index (χ0v) is 13.7. The van der Waals surface area contributed by atoms with Crippen LogP contribution in [-0.2, 0) is 9.53 Å². The zero-order chi connectivity index (χ0) is 15.3. The Balaban J connectivity index is 1.86. The fourth-order valence-electron chi connectivity index (χ4n) is 6.10. The third kappa shape index (κ3) is 2.32. The van der Waals surface area contributed by atoms with Crippen molar-refractivity contribution in [3.05, 3.63) is 0 Å². The van der Waals surface area contributed by atoms with E-state index in [-0.39, 0.29) is 11.3 Å². The van der Waals surface area contributed by atoms with Crippen LogP contribution in [0.5, 0.6) is 0 Å². The fraction of sp³-hybridized carbons (Fsp3) is 0.944. The summed E-state index contributed by atoms with van der Waals surface area (Å²) >= 11 is 0. The normalized spacial score (nSPS) is 41.6. The Morgan fingerprint density at radius 2 is 1.67 bits per heavy atom. The lowest BCUT2D eigenvalue weighted by molar-refractivity contribution is -0.190. The maximum absolute atomic E-state index is 12.4. The SMILES string of the molecule is CCOC(=O)C(O)(CC)C(C)C12CC3CC(CC(C3)C1)C2. The van der Waals surface area contributed by atoms with Crippen LogP contribution in [0.25, 0.3) is 0 Å². The van der Waals surface area contributed by atoms with Crippen LogP contribution in [0.4, 0.5) is 0 Å². The predicted octanol–water partition coefficient (Wildman–Crippen LogP) is 3.54. The van der Waals surface area contributed by atoms with Crippen molar-refractivity contribution in [2.45, 2.75) is 71.3 Å². The summed E-state index contributed by atoms with van der Waals surface area (Å²) in [5, 5.41) is 11.1. The van der Waals surface area contributed by atoms with E-state index in [1.807, 2.05) is 13.8 Å². The summed E-state index contributed by atoms with van der Waals surface area (Å²) in [7, 11) is 0. The molecule has 0 aromatic carbocycles. The zero-order valence-electron chi connectivity index (χ0n) is 13.7. The molecule has 4 aliphatic carbocycles. The maximum Gasteiger partial charge on any atom is 0.338 e. The van der Waals surface area contributed by atoms with Crippen molar-refractivity contribution in [2.75, 3.05) is 6.61 Å². The molecule has 0 aliphatic heterocycles. The van der Waals surface area contributed by atoms with Crippen molar-refractivity contribution >= 4 is 5.97 Å². The first-order valence-corrected chi connectivity index (χ1v) is 8.83. The highest BCUT2D eigenvalue weighted by molar-refractivity contribution is 5.79. The van der Waals surface area contributed by atoms with Crippen LogP contribution < -0.4 is 0 Å². The van der Waals surface area contributed by atoms with Gasteiger partial charge in [0.15, 0.2) is 5.60 Å². The molecular weight excluding hydrogens is 264 g/mol. The van der Waals surface area contributed by atoms with Gasteiger partial charge in [-0.15, -0.1) is 0 Å². The van der Waals surface area contributed by atoms with Gasteiger partial charge in [0.2, 0.25) is 0 Å². The molecule has 0 amide bonds. The van der Waals surface area contributed by atoms with E-state index in [9.17, 15) is 9.90 Å². The first-order chi connectivity index (χ1) is 9.93. The van der Waals surface area contributed by atoms with Crippen LogP contribution in [0.2, 0.25) is 0 Å². The molecule has 2 atom stereocenters. The van der Waals surface area contributed by atoms with Crippen LogP contribution >= 0.6 is 0 Å². The van der Waals surface area contributed by atoms with Crippen molar-refractivity contribution in [1.29, 1.82) is 0 Å². The molecule has 1 N–H and O–H groups in total. The molecule has 4 rings (SSSR count). The summed E-state index contributed by atoms with van der Waals surface area (Å²) in [6.07, 6.45) is 8.24. The Kier molecular flexibility index (Phi) is 3.84. The summed E-state index contributed by atoms with van der Waals surface area (Å²) in [4.78, 5) is 12.4. The average molecular weight is 294 g/mol. The highest BCUT2D eigenvalue weighted by Gasteiger charge is 2.59. The summed E-state index contributed by atoms with van der Waals surface area (Å²) < 4.78 is 5.19. The van der Waals surface area contributed by atoms with Gasteiger partial charge in [-0.1, -0.05) is 13.8 Å². The molecule has 120 valence electrons. The van der Waals surface area contributed by atoms with E-state index >= 15 is 0 Å². The van der Waals surface area contributed by atoms with Gasteiger partial charge in [-0.25, -0.2) is 4.79 Å². The van der Waals surface area contributed by atoms with E-state index in [2.05, 4.69) is 6.92 Å². The number of esters is 1. The van der Waals surface area contributed by atoms with Gasteiger partial charge >= 0.3 is 5.97 Å². The molecule has 0 radical (unpaired) electrons. The monoisotopic (exact) mass is 294 g/mol. The lowest BCUT2D eigenvalue weighted by atomic mass is 9.45. The summed E-state index contributed by atoms with van der Waals surface area (Å²) in [5.74, 6) is 2.10. The molecule has 4 bridgehead atoms. The summed E-state index contributed by atoms with van der Waals surface area (Å²) in [6, 6.07) is 0. The van der Waals surface area contributed by atoms with Crippen LogP contribution in [0.1, 0.15) is 65.7 Å². The molecular formula is C18H30O3. The molecule has 2 unspecified atom stereocenters. The smallest absolute Gasteiger partial charge is 0.338 e. The quantitative estimate of drug-likeness (QED) is 0.789. The van der Waals surface area contributed by atoms with E-state index in [1.165, 1.54) is 38.5 Å². The maximum atomic E-state index is 12.4. The van der Waals surface area contributed by atoms with Crippen molar-refractivity contribution in [2.24, 2.45) is 29.1 Å². The van der Waals surface area contributed by atoms with E-state index < -0.39 is 11.6 Å². The number of hydrogen-bond acceptors (Lipinski definition) is 3. The second-order valence-electron chi connectivity index (χ2n) is 8.00. The lowest BCUT2D eigenvalue weighted by Gasteiger charge is -2.60. The van der Waals surface area contributed by atoms with E-state index in [1.54, 1.807) is 0 Å². The first-order valence-electron chi connectivity index (χ1n) is 8.83. The molecule has 4 fully saturated rings. The second-order valence-corrected chi connectivity index (χ2v) is 8.00. The van der Waals surface area contributed by atoms with Gasteiger partial charge in [-0.3, -0.25) is 0 Å². The molecule has 3 heteroatoms. The van der Waals surface area contributed by atoms with Crippen LogP contribution in [0.3, 0.4) is 0 Å². The molecule has 0 aromatic rings. The molecule has 0 aromatic heterocycles. The molecule has 3 nitrogen and oxygen atoms in total. The van der Waals surface area contributed by atoms with Gasteiger partial charge in [-0.05, 0) is 75.0 Å². The van der Waals surface area contributed by atoms with Crippen molar-refractivity contribution < 1.29 is 14.6 Å². The van der Waals surface area contributed by atoms with Crippen molar-refractivity contribution in [3.8, 4) is 0 Å². The minimum Gasteiger partial charge on any atom is -0.464 e. The van der Waals surface area contributed by atoms with Crippen LogP contribution in [-0.4, -0.2) is 23.3 Å². The van der Waals surface area contributed by atoms with Crippen molar-refractivity contribution in [3.63, 3.8) is 0 Å². The summed E-state index contributed by atoms with van der Waals surface area (Å²) in [6.45, 7) is 6.17. The van der Waals surface area contributed by atoms with E-state index in [4.69, 9.17) is 4.74 Å². The highest BCUT2D eigenvalue weighted by Crippen LogP contribution is 2.64. The van der Waals surface area contributed by atoms with Gasteiger partial charge in [0, 0.05) is 5.92 Å². The number of ether oxygens (including phenoxy) is 1. The fourth-order valence-corrected chi connectivity index (χ4v) is 6.10. The Labute approximate surface area is 128 Å². The molecule has 0 saturated heterocycles. The predicted molar refractivity (Wildman–Crippen MR) is 81.6 cm³/mol. The van der Waals surface area contributed by atoms with Crippen LogP contribution in [0, 0.1) is 29.1 Å². The molecule has 0 heterocycles. The Morgan fingerprint density at radius 1 is 1.19 bits per heavy atom. The Hall–Kier alpha value is -0.570. The Morgan fingerprint density at radius 3 is 2.05 bits per heavy atom. The van der Waals surface area contributed by atoms with E-state index in [0.717, 1.165) is 17.8 Å². The van der Waals surface area contributed by atoms with Gasteiger partial charge in [-0.2, -0.15) is 0 Å². The number of hydrogen-bond donors (Lipinski definition) is 1. The number of carbonyl (C=O) groups is 1. The van der Waals surface area contributed by atoms with Gasteiger partial charge in [0.25, 0.3) is 0 Å². The van der Waals surface area contributed by atoms with Gasteiger partial charge < -0.3 is 9.84 Å². The summed E-state index contributed by atoms with van der Waals surface area (Å²) in [5.41, 5.74) is -1.13. The minimum absolute atomic E-state index is 0.00227. The third-order valence-corrected chi connectivity index (χ3v) is 6.89. The minimum atomic E-state index is -1.30. The van der Waals surface area contributed by atoms with Gasteiger partial charge in [0.05, 0.1) is 6.61 Å². The number of carbonyl (C=O) groups excluding carboxylic acids is 1. The first kappa shape index (κ1) is 15.3. The average Bonchev–Trinajstić information content (AvgIpc) is 2.44. The number of aliphatic hydroxyl groups is 1. The van der Waals surface area contributed by atoms with Gasteiger partial charge in [0.1, 0.15) is 0 Å². The van der Waals surface area contributed by atoms with E-state index in [0.29, 0.717) is 13.0 Å².